The zero-order valence-electron chi connectivity index (χ0n) is 9.84. The van der Waals surface area contributed by atoms with Gasteiger partial charge in [-0.3, -0.25) is 0 Å². The van der Waals surface area contributed by atoms with Crippen LogP contribution in [0.25, 0.3) is 0 Å². The fourth-order valence-corrected chi connectivity index (χ4v) is 1.74. The fraction of sp³-hybridized carbons (Fsp3) is 0.417. The molecule has 0 heterocycles. The standard InChI is InChI=1S/C12H13BrF2O3/c1-2-17-12(16)7-18-11-6-9(14)8(3-4-13)5-10(11)15/h5-6H,2-4,7H2,1H3. The van der Waals surface area contributed by atoms with Crippen LogP contribution in [0.5, 0.6) is 5.75 Å². The van der Waals surface area contributed by atoms with Gasteiger partial charge >= 0.3 is 5.97 Å². The van der Waals surface area contributed by atoms with Gasteiger partial charge in [0.2, 0.25) is 0 Å². The molecule has 0 fully saturated rings. The molecule has 0 aromatic heterocycles. The number of esters is 1. The first-order valence-electron chi connectivity index (χ1n) is 5.40. The Bertz CT molecular complexity index is 424. The Morgan fingerprint density at radius 2 is 2.06 bits per heavy atom. The van der Waals surface area contributed by atoms with E-state index in [4.69, 9.17) is 4.74 Å². The van der Waals surface area contributed by atoms with Crippen molar-refractivity contribution in [2.24, 2.45) is 0 Å². The zero-order chi connectivity index (χ0) is 13.5. The van der Waals surface area contributed by atoms with Crippen molar-refractivity contribution in [3.05, 3.63) is 29.3 Å². The van der Waals surface area contributed by atoms with Crippen molar-refractivity contribution in [3.8, 4) is 5.75 Å². The van der Waals surface area contributed by atoms with Crippen LogP contribution in [0.2, 0.25) is 0 Å². The predicted octanol–water partition coefficient (Wildman–Crippen LogP) is 2.84. The Balaban J connectivity index is 2.72. The van der Waals surface area contributed by atoms with E-state index in [0.717, 1.165) is 12.1 Å². The van der Waals surface area contributed by atoms with Crippen LogP contribution in [0.15, 0.2) is 12.1 Å². The lowest BCUT2D eigenvalue weighted by Gasteiger charge is -2.09. The van der Waals surface area contributed by atoms with E-state index in [9.17, 15) is 13.6 Å². The van der Waals surface area contributed by atoms with E-state index in [1.165, 1.54) is 0 Å². The molecule has 0 saturated carbocycles. The number of carbonyl (C=O) groups is 1. The highest BCUT2D eigenvalue weighted by atomic mass is 79.9. The number of alkyl halides is 1. The van der Waals surface area contributed by atoms with Crippen molar-refractivity contribution in [1.29, 1.82) is 0 Å². The third kappa shape index (κ3) is 4.25. The average molecular weight is 323 g/mol. The molecule has 0 radical (unpaired) electrons. The van der Waals surface area contributed by atoms with E-state index < -0.39 is 24.2 Å². The molecule has 0 unspecified atom stereocenters. The Morgan fingerprint density at radius 3 is 2.67 bits per heavy atom. The minimum atomic E-state index is -0.698. The summed E-state index contributed by atoms with van der Waals surface area (Å²) in [6, 6.07) is 2.00. The Morgan fingerprint density at radius 1 is 1.33 bits per heavy atom. The highest BCUT2D eigenvalue weighted by molar-refractivity contribution is 9.09. The lowest BCUT2D eigenvalue weighted by atomic mass is 10.1. The lowest BCUT2D eigenvalue weighted by Crippen LogP contribution is -2.15. The van der Waals surface area contributed by atoms with Crippen LogP contribution >= 0.6 is 15.9 Å². The summed E-state index contributed by atoms with van der Waals surface area (Å²) in [6.45, 7) is 1.42. The van der Waals surface area contributed by atoms with E-state index in [2.05, 4.69) is 20.7 Å². The second kappa shape index (κ2) is 7.31. The molecule has 1 aromatic carbocycles. The molecule has 0 spiro atoms. The number of benzene rings is 1. The largest absolute Gasteiger partial charge is 0.479 e. The monoisotopic (exact) mass is 322 g/mol. The average Bonchev–Trinajstić information content (AvgIpc) is 2.32. The van der Waals surface area contributed by atoms with Crippen molar-refractivity contribution in [3.63, 3.8) is 0 Å². The van der Waals surface area contributed by atoms with Crippen LogP contribution in [0.4, 0.5) is 8.78 Å². The van der Waals surface area contributed by atoms with E-state index in [1.54, 1.807) is 6.92 Å². The summed E-state index contributed by atoms with van der Waals surface area (Å²) in [5.74, 6) is -2.17. The first kappa shape index (κ1) is 14.9. The first-order valence-corrected chi connectivity index (χ1v) is 6.53. The Labute approximate surface area is 112 Å². The maximum absolute atomic E-state index is 13.5. The van der Waals surface area contributed by atoms with Gasteiger partial charge in [-0.2, -0.15) is 0 Å². The SMILES string of the molecule is CCOC(=O)COc1cc(F)c(CCBr)cc1F. The van der Waals surface area contributed by atoms with Crippen LogP contribution in [0, 0.1) is 11.6 Å². The Kier molecular flexibility index (Phi) is 6.04. The number of ether oxygens (including phenoxy) is 2. The van der Waals surface area contributed by atoms with Crippen molar-refractivity contribution in [2.75, 3.05) is 18.5 Å². The normalized spacial score (nSPS) is 10.2. The van der Waals surface area contributed by atoms with E-state index >= 15 is 0 Å². The molecule has 6 heteroatoms. The molecule has 0 aliphatic rings. The third-order valence-electron chi connectivity index (χ3n) is 2.12. The molecule has 0 saturated heterocycles. The zero-order valence-corrected chi connectivity index (χ0v) is 11.4. The molecule has 0 aliphatic heterocycles. The molecule has 3 nitrogen and oxygen atoms in total. The van der Waals surface area contributed by atoms with Crippen LogP contribution in [0.3, 0.4) is 0 Å². The van der Waals surface area contributed by atoms with E-state index in [0.29, 0.717) is 11.8 Å². The summed E-state index contributed by atoms with van der Waals surface area (Å²) in [7, 11) is 0. The molecule has 0 N–H and O–H groups in total. The van der Waals surface area contributed by atoms with Crippen LogP contribution < -0.4 is 4.74 Å². The van der Waals surface area contributed by atoms with Gasteiger partial charge in [-0.1, -0.05) is 15.9 Å². The summed E-state index contributed by atoms with van der Waals surface area (Å²) < 4.78 is 36.5. The van der Waals surface area contributed by atoms with Gasteiger partial charge in [-0.15, -0.1) is 0 Å². The number of halogens is 3. The summed E-state index contributed by atoms with van der Waals surface area (Å²) >= 11 is 3.15. The topological polar surface area (TPSA) is 35.5 Å². The molecule has 18 heavy (non-hydrogen) atoms. The van der Waals surface area contributed by atoms with Crippen LogP contribution in [-0.4, -0.2) is 24.5 Å². The number of hydrogen-bond donors (Lipinski definition) is 0. The molecular weight excluding hydrogens is 310 g/mol. The van der Waals surface area contributed by atoms with Gasteiger partial charge in [0.1, 0.15) is 5.82 Å². The van der Waals surface area contributed by atoms with Gasteiger partial charge in [-0.05, 0) is 25.0 Å². The summed E-state index contributed by atoms with van der Waals surface area (Å²) in [5.41, 5.74) is 0.257. The molecule has 1 rings (SSSR count). The first-order chi connectivity index (χ1) is 8.58. The number of rotatable bonds is 6. The van der Waals surface area contributed by atoms with Gasteiger partial charge in [0, 0.05) is 11.4 Å². The van der Waals surface area contributed by atoms with Gasteiger partial charge < -0.3 is 9.47 Å². The molecule has 0 atom stereocenters. The fourth-order valence-electron chi connectivity index (χ4n) is 1.31. The molecule has 1 aromatic rings. The lowest BCUT2D eigenvalue weighted by molar-refractivity contribution is -0.145. The van der Waals surface area contributed by atoms with Crippen molar-refractivity contribution >= 4 is 21.9 Å². The molecular formula is C12H13BrF2O3. The minimum Gasteiger partial charge on any atom is -0.479 e. The van der Waals surface area contributed by atoms with Gasteiger partial charge in [0.05, 0.1) is 6.61 Å². The Hall–Kier alpha value is -1.17. The number of aryl methyl sites for hydroxylation is 1. The maximum Gasteiger partial charge on any atom is 0.344 e. The smallest absolute Gasteiger partial charge is 0.344 e. The minimum absolute atomic E-state index is 0.212. The second-order valence-electron chi connectivity index (χ2n) is 3.41. The van der Waals surface area contributed by atoms with E-state index in [-0.39, 0.29) is 17.9 Å². The molecule has 0 amide bonds. The van der Waals surface area contributed by atoms with Crippen molar-refractivity contribution in [2.45, 2.75) is 13.3 Å². The third-order valence-corrected chi connectivity index (χ3v) is 2.51. The summed E-state index contributed by atoms with van der Waals surface area (Å²) in [4.78, 5) is 11.0. The van der Waals surface area contributed by atoms with E-state index in [1.807, 2.05) is 0 Å². The predicted molar refractivity (Wildman–Crippen MR) is 66.0 cm³/mol. The number of carbonyl (C=O) groups excluding carboxylic acids is 1. The van der Waals surface area contributed by atoms with Gasteiger partial charge in [0.25, 0.3) is 0 Å². The van der Waals surface area contributed by atoms with Crippen molar-refractivity contribution in [1.82, 2.24) is 0 Å². The highest BCUT2D eigenvalue weighted by Crippen LogP contribution is 2.22. The summed E-state index contributed by atoms with van der Waals surface area (Å²) in [6.07, 6.45) is 0.376. The second-order valence-corrected chi connectivity index (χ2v) is 4.20. The van der Waals surface area contributed by atoms with Gasteiger partial charge in [-0.25, -0.2) is 13.6 Å². The molecule has 100 valence electrons. The quantitative estimate of drug-likeness (QED) is 0.596. The number of hydrogen-bond acceptors (Lipinski definition) is 3. The highest BCUT2D eigenvalue weighted by Gasteiger charge is 2.12. The van der Waals surface area contributed by atoms with Gasteiger partial charge in [0.15, 0.2) is 18.2 Å². The molecule has 0 aliphatic carbocycles. The molecule has 0 bridgehead atoms. The van der Waals surface area contributed by atoms with Crippen LogP contribution in [-0.2, 0) is 16.0 Å². The maximum atomic E-state index is 13.5. The van der Waals surface area contributed by atoms with Crippen molar-refractivity contribution < 1.29 is 23.0 Å². The van der Waals surface area contributed by atoms with Crippen LogP contribution in [0.1, 0.15) is 12.5 Å². The summed E-state index contributed by atoms with van der Waals surface area (Å²) in [5, 5.41) is 0.534.